The van der Waals surface area contributed by atoms with Crippen molar-refractivity contribution in [1.82, 2.24) is 9.88 Å². The van der Waals surface area contributed by atoms with E-state index in [0.29, 0.717) is 6.42 Å². The Balaban J connectivity index is 1.61. The van der Waals surface area contributed by atoms with Gasteiger partial charge >= 0.3 is 0 Å². The highest BCUT2D eigenvalue weighted by Gasteiger charge is 2.17. The number of rotatable bonds is 4. The summed E-state index contributed by atoms with van der Waals surface area (Å²) in [5.74, 6) is 0.276. The number of carbonyl (C=O) groups is 1. The lowest BCUT2D eigenvalue weighted by Gasteiger charge is -2.14. The molecule has 1 fully saturated rings. The quantitative estimate of drug-likeness (QED) is 0.863. The molecule has 21 heavy (non-hydrogen) atoms. The van der Waals surface area contributed by atoms with Crippen LogP contribution in [0.2, 0.25) is 0 Å². The highest BCUT2D eigenvalue weighted by molar-refractivity contribution is 7.13. The van der Waals surface area contributed by atoms with Gasteiger partial charge in [0.1, 0.15) is 5.01 Å². The molecule has 2 heterocycles. The third-order valence-electron chi connectivity index (χ3n) is 3.87. The highest BCUT2D eigenvalue weighted by Crippen LogP contribution is 2.25. The fourth-order valence-corrected chi connectivity index (χ4v) is 3.54. The largest absolute Gasteiger partial charge is 0.343 e. The van der Waals surface area contributed by atoms with E-state index in [1.54, 1.807) is 11.3 Å². The Morgan fingerprint density at radius 3 is 2.90 bits per heavy atom. The molecule has 1 aromatic heterocycles. The molecule has 1 aliphatic rings. The van der Waals surface area contributed by atoms with Gasteiger partial charge < -0.3 is 4.90 Å². The highest BCUT2D eigenvalue weighted by atomic mass is 32.1. The first kappa shape index (κ1) is 14.3. The number of benzene rings is 1. The summed E-state index contributed by atoms with van der Waals surface area (Å²) in [4.78, 5) is 18.7. The van der Waals surface area contributed by atoms with E-state index in [1.165, 1.54) is 5.56 Å². The van der Waals surface area contributed by atoms with Crippen LogP contribution in [0.3, 0.4) is 0 Å². The summed E-state index contributed by atoms with van der Waals surface area (Å²) >= 11 is 1.66. The molecule has 1 aromatic carbocycles. The number of hydrogen-bond acceptors (Lipinski definition) is 3. The maximum Gasteiger partial charge on any atom is 0.222 e. The second-order valence-electron chi connectivity index (χ2n) is 5.60. The first-order chi connectivity index (χ1) is 10.2. The maximum atomic E-state index is 12.0. The van der Waals surface area contributed by atoms with Gasteiger partial charge in [-0.2, -0.15) is 0 Å². The van der Waals surface area contributed by atoms with Gasteiger partial charge in [0.15, 0.2) is 0 Å². The topological polar surface area (TPSA) is 33.2 Å². The number of aromatic nitrogens is 1. The van der Waals surface area contributed by atoms with Crippen LogP contribution in [-0.2, 0) is 11.2 Å². The van der Waals surface area contributed by atoms with Gasteiger partial charge in [-0.25, -0.2) is 4.98 Å². The summed E-state index contributed by atoms with van der Waals surface area (Å²) in [6.45, 7) is 3.96. The number of carbonyl (C=O) groups excluding carboxylic acids is 1. The molecule has 4 heteroatoms. The van der Waals surface area contributed by atoms with Gasteiger partial charge in [-0.15, -0.1) is 11.3 Å². The van der Waals surface area contributed by atoms with Crippen LogP contribution < -0.4 is 0 Å². The summed E-state index contributed by atoms with van der Waals surface area (Å²) in [6, 6.07) is 8.39. The van der Waals surface area contributed by atoms with Gasteiger partial charge in [-0.3, -0.25) is 4.79 Å². The maximum absolute atomic E-state index is 12.0. The molecule has 110 valence electrons. The fraction of sp³-hybridized carbons (Fsp3) is 0.412. The van der Waals surface area contributed by atoms with Crippen LogP contribution in [0.5, 0.6) is 0 Å². The van der Waals surface area contributed by atoms with E-state index in [-0.39, 0.29) is 5.91 Å². The van der Waals surface area contributed by atoms with Crippen molar-refractivity contribution in [2.24, 2.45) is 0 Å². The number of aryl methyl sites for hydroxylation is 2. The SMILES string of the molecule is Cc1cccc(-c2nc(CCC(=O)N3CCCC3)cs2)c1. The zero-order chi connectivity index (χ0) is 14.7. The normalized spacial score (nSPS) is 14.6. The predicted octanol–water partition coefficient (Wildman–Crippen LogP) is 3.67. The zero-order valence-electron chi connectivity index (χ0n) is 12.3. The Morgan fingerprint density at radius 2 is 2.14 bits per heavy atom. The Labute approximate surface area is 129 Å². The Bertz CT molecular complexity index is 629. The molecule has 1 aliphatic heterocycles. The lowest BCUT2D eigenvalue weighted by atomic mass is 10.1. The minimum atomic E-state index is 0.276. The third kappa shape index (κ3) is 3.50. The van der Waals surface area contributed by atoms with E-state index in [2.05, 4.69) is 41.6 Å². The Morgan fingerprint density at radius 1 is 1.33 bits per heavy atom. The number of nitrogens with zero attached hydrogens (tertiary/aromatic N) is 2. The molecule has 1 amide bonds. The smallest absolute Gasteiger partial charge is 0.222 e. The number of hydrogen-bond donors (Lipinski definition) is 0. The van der Waals surface area contributed by atoms with Crippen molar-refractivity contribution >= 4 is 17.2 Å². The van der Waals surface area contributed by atoms with Crippen molar-refractivity contribution in [3.05, 3.63) is 40.9 Å². The monoisotopic (exact) mass is 300 g/mol. The van der Waals surface area contributed by atoms with Crippen LogP contribution in [0, 0.1) is 6.92 Å². The molecule has 0 atom stereocenters. The predicted molar refractivity (Wildman–Crippen MR) is 86.4 cm³/mol. The summed E-state index contributed by atoms with van der Waals surface area (Å²) < 4.78 is 0. The standard InChI is InChI=1S/C17H20N2OS/c1-13-5-4-6-14(11-13)17-18-15(12-21-17)7-8-16(20)19-9-2-3-10-19/h4-6,11-12H,2-3,7-10H2,1H3. The van der Waals surface area contributed by atoms with Crippen molar-refractivity contribution in [2.75, 3.05) is 13.1 Å². The van der Waals surface area contributed by atoms with E-state index >= 15 is 0 Å². The number of thiazole rings is 1. The molecule has 0 spiro atoms. The van der Waals surface area contributed by atoms with Crippen molar-refractivity contribution in [1.29, 1.82) is 0 Å². The molecule has 3 rings (SSSR count). The van der Waals surface area contributed by atoms with Crippen LogP contribution in [-0.4, -0.2) is 28.9 Å². The van der Waals surface area contributed by atoms with Gasteiger partial charge in [0.05, 0.1) is 5.69 Å². The third-order valence-corrected chi connectivity index (χ3v) is 4.81. The zero-order valence-corrected chi connectivity index (χ0v) is 13.2. The molecule has 0 saturated carbocycles. The number of likely N-dealkylation sites (tertiary alicyclic amines) is 1. The summed E-state index contributed by atoms with van der Waals surface area (Å²) in [7, 11) is 0. The Kier molecular flexibility index (Phi) is 4.34. The van der Waals surface area contributed by atoms with E-state index in [1.807, 2.05) is 4.90 Å². The molecule has 0 N–H and O–H groups in total. The Hall–Kier alpha value is -1.68. The van der Waals surface area contributed by atoms with E-state index < -0.39 is 0 Å². The summed E-state index contributed by atoms with van der Waals surface area (Å²) in [5.41, 5.74) is 3.44. The van der Waals surface area contributed by atoms with Gasteiger partial charge in [-0.1, -0.05) is 23.8 Å². The van der Waals surface area contributed by atoms with E-state index in [4.69, 9.17) is 0 Å². The first-order valence-corrected chi connectivity index (χ1v) is 8.39. The van der Waals surface area contributed by atoms with Crippen LogP contribution in [0.4, 0.5) is 0 Å². The molecule has 2 aromatic rings. The molecular formula is C17H20N2OS. The molecular weight excluding hydrogens is 280 g/mol. The summed E-state index contributed by atoms with van der Waals surface area (Å²) in [5, 5.41) is 3.12. The first-order valence-electron chi connectivity index (χ1n) is 7.51. The molecule has 0 unspecified atom stereocenters. The van der Waals surface area contributed by atoms with Crippen LogP contribution in [0.25, 0.3) is 10.6 Å². The van der Waals surface area contributed by atoms with Gasteiger partial charge in [0.2, 0.25) is 5.91 Å². The number of amides is 1. The van der Waals surface area contributed by atoms with Crippen LogP contribution >= 0.6 is 11.3 Å². The van der Waals surface area contributed by atoms with Gasteiger partial charge in [-0.05, 0) is 32.3 Å². The lowest BCUT2D eigenvalue weighted by Crippen LogP contribution is -2.27. The van der Waals surface area contributed by atoms with Crippen LogP contribution in [0.1, 0.15) is 30.5 Å². The van der Waals surface area contributed by atoms with Crippen molar-refractivity contribution in [2.45, 2.75) is 32.6 Å². The van der Waals surface area contributed by atoms with Gasteiger partial charge in [0, 0.05) is 30.5 Å². The summed E-state index contributed by atoms with van der Waals surface area (Å²) in [6.07, 6.45) is 3.63. The molecule has 0 radical (unpaired) electrons. The molecule has 3 nitrogen and oxygen atoms in total. The molecule has 0 bridgehead atoms. The van der Waals surface area contributed by atoms with E-state index in [9.17, 15) is 4.79 Å². The van der Waals surface area contributed by atoms with Crippen molar-refractivity contribution < 1.29 is 4.79 Å². The molecule has 0 aliphatic carbocycles. The second kappa shape index (κ2) is 6.39. The fourth-order valence-electron chi connectivity index (χ4n) is 2.69. The van der Waals surface area contributed by atoms with Gasteiger partial charge in [0.25, 0.3) is 0 Å². The van der Waals surface area contributed by atoms with Crippen molar-refractivity contribution in [3.8, 4) is 10.6 Å². The van der Waals surface area contributed by atoms with E-state index in [0.717, 1.165) is 48.6 Å². The van der Waals surface area contributed by atoms with Crippen LogP contribution in [0.15, 0.2) is 29.6 Å². The minimum absolute atomic E-state index is 0.276. The minimum Gasteiger partial charge on any atom is -0.343 e. The average molecular weight is 300 g/mol. The second-order valence-corrected chi connectivity index (χ2v) is 6.46. The lowest BCUT2D eigenvalue weighted by molar-refractivity contribution is -0.130. The van der Waals surface area contributed by atoms with Crippen molar-refractivity contribution in [3.63, 3.8) is 0 Å². The molecule has 1 saturated heterocycles. The average Bonchev–Trinajstić information content (AvgIpc) is 3.16.